The van der Waals surface area contributed by atoms with Gasteiger partial charge in [0, 0.05) is 12.1 Å². The maximum absolute atomic E-state index is 10.8. The van der Waals surface area contributed by atoms with E-state index in [1.165, 1.54) is 5.56 Å². The lowest BCUT2D eigenvalue weighted by Crippen LogP contribution is -2.43. The molecule has 2 aromatic rings. The van der Waals surface area contributed by atoms with E-state index in [1.54, 1.807) is 30.7 Å². The van der Waals surface area contributed by atoms with Crippen molar-refractivity contribution >= 4 is 10.1 Å². The Bertz CT molecular complexity index is 715. The summed E-state index contributed by atoms with van der Waals surface area (Å²) in [6.07, 6.45) is 4.76. The van der Waals surface area contributed by atoms with Crippen LogP contribution in [0.5, 0.6) is 0 Å². The summed E-state index contributed by atoms with van der Waals surface area (Å²) in [5, 5.41) is 0. The number of aromatic nitrogens is 1. The second-order valence-electron chi connectivity index (χ2n) is 5.19. The zero-order valence-electron chi connectivity index (χ0n) is 13.3. The SMILES string of the molecule is CCc1cc[n+](N)cc1.Cc1cc(C)c(S(=O)(=O)[O-])c(C)c1. The maximum atomic E-state index is 10.8. The molecule has 22 heavy (non-hydrogen) atoms. The monoisotopic (exact) mass is 322 g/mol. The molecule has 120 valence electrons. The number of aryl methyl sites for hydroxylation is 4. The third-order valence-corrected chi connectivity index (χ3v) is 4.33. The summed E-state index contributed by atoms with van der Waals surface area (Å²) < 4.78 is 34.0. The van der Waals surface area contributed by atoms with E-state index in [0.29, 0.717) is 11.1 Å². The predicted molar refractivity (Wildman–Crippen MR) is 84.8 cm³/mol. The minimum atomic E-state index is -4.33. The number of nitrogens with two attached hydrogens (primary N) is 1. The summed E-state index contributed by atoms with van der Waals surface area (Å²) in [6.45, 7) is 7.24. The van der Waals surface area contributed by atoms with Crippen molar-refractivity contribution in [3.8, 4) is 0 Å². The fourth-order valence-corrected chi connectivity index (χ4v) is 3.17. The molecule has 1 aromatic carbocycles. The van der Waals surface area contributed by atoms with E-state index in [-0.39, 0.29) is 4.90 Å². The van der Waals surface area contributed by atoms with Crippen molar-refractivity contribution in [3.63, 3.8) is 0 Å². The Morgan fingerprint density at radius 1 is 1.09 bits per heavy atom. The predicted octanol–water partition coefficient (Wildman–Crippen LogP) is 1.77. The lowest BCUT2D eigenvalue weighted by Gasteiger charge is -2.14. The fourth-order valence-electron chi connectivity index (χ4n) is 2.27. The first-order valence-electron chi connectivity index (χ1n) is 6.94. The number of pyridine rings is 1. The molecule has 1 aromatic heterocycles. The molecule has 0 spiro atoms. The van der Waals surface area contributed by atoms with Gasteiger partial charge in [0.25, 0.3) is 0 Å². The smallest absolute Gasteiger partial charge is 0.199 e. The van der Waals surface area contributed by atoms with E-state index >= 15 is 0 Å². The van der Waals surface area contributed by atoms with Gasteiger partial charge in [-0.25, -0.2) is 14.3 Å². The van der Waals surface area contributed by atoms with Crippen molar-refractivity contribution in [2.75, 3.05) is 5.84 Å². The largest absolute Gasteiger partial charge is 0.744 e. The molecule has 2 N–H and O–H groups in total. The molecule has 0 saturated heterocycles. The van der Waals surface area contributed by atoms with Gasteiger partial charge in [0.05, 0.1) is 4.90 Å². The lowest BCUT2D eigenvalue weighted by molar-refractivity contribution is -0.639. The van der Waals surface area contributed by atoms with Crippen molar-refractivity contribution in [2.45, 2.75) is 39.0 Å². The van der Waals surface area contributed by atoms with Crippen LogP contribution in [-0.4, -0.2) is 13.0 Å². The van der Waals surface area contributed by atoms with Crippen molar-refractivity contribution in [2.24, 2.45) is 0 Å². The molecule has 0 aliphatic rings. The van der Waals surface area contributed by atoms with Crippen LogP contribution in [0.15, 0.2) is 41.6 Å². The van der Waals surface area contributed by atoms with E-state index in [2.05, 4.69) is 6.92 Å². The van der Waals surface area contributed by atoms with Crippen LogP contribution in [-0.2, 0) is 16.5 Å². The van der Waals surface area contributed by atoms with Crippen LogP contribution in [0.25, 0.3) is 0 Å². The average Bonchev–Trinajstić information content (AvgIpc) is 2.37. The Labute approximate surface area is 132 Å². The Kier molecular flexibility index (Phi) is 6.08. The highest BCUT2D eigenvalue weighted by Crippen LogP contribution is 2.20. The number of nitrogens with zero attached hydrogens (tertiary/aromatic N) is 1. The first-order valence-corrected chi connectivity index (χ1v) is 8.35. The van der Waals surface area contributed by atoms with Gasteiger partial charge in [-0.1, -0.05) is 29.3 Å². The molecule has 0 amide bonds. The summed E-state index contributed by atoms with van der Waals surface area (Å²) in [4.78, 5) is -0.0851. The van der Waals surface area contributed by atoms with Gasteiger partial charge >= 0.3 is 0 Å². The second kappa shape index (κ2) is 7.38. The molecule has 0 atom stereocenters. The van der Waals surface area contributed by atoms with Crippen LogP contribution in [0, 0.1) is 20.8 Å². The van der Waals surface area contributed by atoms with E-state index < -0.39 is 10.1 Å². The molecule has 1 heterocycles. The van der Waals surface area contributed by atoms with Gasteiger partial charge < -0.3 is 4.55 Å². The van der Waals surface area contributed by atoms with Crippen molar-refractivity contribution in [3.05, 3.63) is 58.9 Å². The van der Waals surface area contributed by atoms with E-state index in [9.17, 15) is 13.0 Å². The molecule has 0 bridgehead atoms. The molecule has 0 radical (unpaired) electrons. The summed E-state index contributed by atoms with van der Waals surface area (Å²) in [5.41, 5.74) is 3.32. The highest BCUT2D eigenvalue weighted by Gasteiger charge is 2.09. The van der Waals surface area contributed by atoms with Gasteiger partial charge in [-0.15, -0.1) is 0 Å². The van der Waals surface area contributed by atoms with E-state index in [0.717, 1.165) is 12.0 Å². The number of hydrogen-bond acceptors (Lipinski definition) is 4. The minimum absolute atomic E-state index is 0.0851. The van der Waals surface area contributed by atoms with Crippen LogP contribution < -0.4 is 10.5 Å². The average molecular weight is 322 g/mol. The zero-order valence-corrected chi connectivity index (χ0v) is 14.1. The Hall–Kier alpha value is -1.92. The Morgan fingerprint density at radius 2 is 1.55 bits per heavy atom. The topological polar surface area (TPSA) is 87.1 Å². The zero-order chi connectivity index (χ0) is 16.9. The summed E-state index contributed by atoms with van der Waals surface area (Å²) >= 11 is 0. The standard InChI is InChI=1S/C9H12O3S.C7H11N2/c1-6-4-7(2)9(8(3)5-6)13(10,11)12;1-2-7-3-5-9(8)6-4-7/h4-5H,1-3H3,(H,10,11,12);3-6H,2,8H2,1H3/q;+1/p-1. The van der Waals surface area contributed by atoms with Crippen LogP contribution in [0.3, 0.4) is 0 Å². The van der Waals surface area contributed by atoms with Crippen LogP contribution >= 0.6 is 0 Å². The maximum Gasteiger partial charge on any atom is 0.199 e. The van der Waals surface area contributed by atoms with Crippen molar-refractivity contribution < 1.29 is 17.6 Å². The summed E-state index contributed by atoms with van der Waals surface area (Å²) in [5.74, 6) is 5.40. The van der Waals surface area contributed by atoms with Crippen LogP contribution in [0.2, 0.25) is 0 Å². The third kappa shape index (κ3) is 5.13. The number of hydrogen-bond donors (Lipinski definition) is 1. The molecule has 5 nitrogen and oxygen atoms in total. The second-order valence-corrected chi connectivity index (χ2v) is 6.51. The number of benzene rings is 1. The fraction of sp³-hybridized carbons (Fsp3) is 0.312. The molecule has 0 unspecified atom stereocenters. The highest BCUT2D eigenvalue weighted by atomic mass is 32.2. The third-order valence-electron chi connectivity index (χ3n) is 3.18. The van der Waals surface area contributed by atoms with E-state index in [1.807, 2.05) is 31.5 Å². The highest BCUT2D eigenvalue weighted by molar-refractivity contribution is 7.85. The molecule has 2 rings (SSSR count). The van der Waals surface area contributed by atoms with Gasteiger partial charge in [-0.3, -0.25) is 0 Å². The quantitative estimate of drug-likeness (QED) is 0.518. The molecular weight excluding hydrogens is 300 g/mol. The van der Waals surface area contributed by atoms with Gasteiger partial charge in [-0.05, 0) is 43.9 Å². The number of nitrogen functional groups attached to an aromatic ring is 1. The Balaban J connectivity index is 0.000000235. The van der Waals surface area contributed by atoms with Gasteiger partial charge in [-0.2, -0.15) is 0 Å². The van der Waals surface area contributed by atoms with Crippen LogP contribution in [0.1, 0.15) is 29.2 Å². The molecule has 0 fully saturated rings. The number of rotatable bonds is 2. The Morgan fingerprint density at radius 3 is 1.91 bits per heavy atom. The molecule has 0 aliphatic heterocycles. The van der Waals surface area contributed by atoms with E-state index in [4.69, 9.17) is 5.84 Å². The minimum Gasteiger partial charge on any atom is -0.744 e. The van der Waals surface area contributed by atoms with Gasteiger partial charge in [0.1, 0.15) is 10.1 Å². The first kappa shape index (κ1) is 18.1. The van der Waals surface area contributed by atoms with Crippen LogP contribution in [0.4, 0.5) is 0 Å². The van der Waals surface area contributed by atoms with Crippen molar-refractivity contribution in [1.82, 2.24) is 0 Å². The molecule has 0 saturated carbocycles. The first-order chi connectivity index (χ1) is 10.1. The molecular formula is C16H22N2O3S. The molecule has 0 aliphatic carbocycles. The normalized spacial score (nSPS) is 10.8. The molecule has 6 heteroatoms. The van der Waals surface area contributed by atoms with Gasteiger partial charge in [0.2, 0.25) is 0 Å². The summed E-state index contributed by atoms with van der Waals surface area (Å²) in [6, 6.07) is 7.41. The lowest BCUT2D eigenvalue weighted by atomic mass is 10.1. The van der Waals surface area contributed by atoms with Gasteiger partial charge in [0.15, 0.2) is 12.4 Å². The summed E-state index contributed by atoms with van der Waals surface area (Å²) in [7, 11) is -4.33. The van der Waals surface area contributed by atoms with Crippen molar-refractivity contribution in [1.29, 1.82) is 0 Å².